The Hall–Kier alpha value is -1.30. The maximum atomic E-state index is 11.3. The van der Waals surface area contributed by atoms with Crippen LogP contribution in [-0.2, 0) is 9.53 Å². The number of carbonyl (C=O) groups excluding carboxylic acids is 1. The van der Waals surface area contributed by atoms with Gasteiger partial charge in [-0.2, -0.15) is 0 Å². The third-order valence-corrected chi connectivity index (χ3v) is 1.75. The molecule has 0 spiro atoms. The van der Waals surface area contributed by atoms with Crippen molar-refractivity contribution in [3.8, 4) is 0 Å². The highest BCUT2D eigenvalue weighted by atomic mass is 16.6. The van der Waals surface area contributed by atoms with Gasteiger partial charge in [-0.3, -0.25) is 9.69 Å². The van der Waals surface area contributed by atoms with Gasteiger partial charge in [-0.25, -0.2) is 4.79 Å². The molecular weight excluding hydrogens is 212 g/mol. The van der Waals surface area contributed by atoms with Gasteiger partial charge in [0.05, 0.1) is 0 Å². The van der Waals surface area contributed by atoms with Crippen LogP contribution in [0.2, 0.25) is 0 Å². The summed E-state index contributed by atoms with van der Waals surface area (Å²) in [5.74, 6) is -0.985. The number of nitrogens with one attached hydrogen (secondary N) is 1. The Morgan fingerprint density at radius 2 is 1.88 bits per heavy atom. The number of carboxylic acids is 1. The van der Waals surface area contributed by atoms with Gasteiger partial charge in [-0.1, -0.05) is 0 Å². The number of likely N-dealkylation sites (N-methyl/N-ethyl adjacent to an activating group) is 1. The summed E-state index contributed by atoms with van der Waals surface area (Å²) in [6, 6.07) is -0.757. The van der Waals surface area contributed by atoms with Crippen LogP contribution < -0.4 is 5.32 Å². The summed E-state index contributed by atoms with van der Waals surface area (Å²) in [6.45, 7) is 5.24. The minimum atomic E-state index is -0.985. The summed E-state index contributed by atoms with van der Waals surface area (Å²) < 4.78 is 4.99. The maximum Gasteiger partial charge on any atom is 0.407 e. The van der Waals surface area contributed by atoms with E-state index in [0.717, 1.165) is 0 Å². The lowest BCUT2D eigenvalue weighted by Crippen LogP contribution is -2.46. The van der Waals surface area contributed by atoms with Crippen LogP contribution in [0, 0.1) is 0 Å². The van der Waals surface area contributed by atoms with Crippen LogP contribution in [0.3, 0.4) is 0 Å². The largest absolute Gasteiger partial charge is 0.480 e. The van der Waals surface area contributed by atoms with E-state index in [0.29, 0.717) is 0 Å². The summed E-state index contributed by atoms with van der Waals surface area (Å²) in [5.41, 5.74) is -0.582. The average Bonchev–Trinajstić information content (AvgIpc) is 1.98. The van der Waals surface area contributed by atoms with Crippen molar-refractivity contribution in [3.63, 3.8) is 0 Å². The molecule has 1 unspecified atom stereocenters. The van der Waals surface area contributed by atoms with Gasteiger partial charge in [-0.05, 0) is 34.9 Å². The predicted octanol–water partition coefficient (Wildman–Crippen LogP) is 0.526. The fraction of sp³-hybridized carbons (Fsp3) is 0.800. The summed E-state index contributed by atoms with van der Waals surface area (Å²) in [4.78, 5) is 23.6. The second kappa shape index (κ2) is 5.69. The molecule has 0 aromatic rings. The smallest absolute Gasteiger partial charge is 0.407 e. The SMILES string of the molecule is CN(C)C(CNC(=O)OC(C)(C)C)C(=O)O. The highest BCUT2D eigenvalue weighted by molar-refractivity contribution is 5.75. The molecule has 0 heterocycles. The van der Waals surface area contributed by atoms with Crippen molar-refractivity contribution in [3.05, 3.63) is 0 Å². The van der Waals surface area contributed by atoms with Crippen molar-refractivity contribution in [1.29, 1.82) is 0 Å². The topological polar surface area (TPSA) is 78.9 Å². The molecule has 0 saturated carbocycles. The van der Waals surface area contributed by atoms with E-state index in [1.165, 1.54) is 4.90 Å². The highest BCUT2D eigenvalue weighted by Crippen LogP contribution is 2.06. The number of rotatable bonds is 4. The van der Waals surface area contributed by atoms with Crippen LogP contribution in [0.5, 0.6) is 0 Å². The van der Waals surface area contributed by atoms with Crippen molar-refractivity contribution in [1.82, 2.24) is 10.2 Å². The first-order valence-electron chi connectivity index (χ1n) is 4.99. The minimum absolute atomic E-state index is 0.0112. The number of hydrogen-bond acceptors (Lipinski definition) is 4. The molecule has 0 aromatic carbocycles. The molecule has 0 radical (unpaired) electrons. The zero-order valence-electron chi connectivity index (χ0n) is 10.4. The molecule has 0 bridgehead atoms. The first kappa shape index (κ1) is 14.7. The Bertz CT molecular complexity index is 258. The quantitative estimate of drug-likeness (QED) is 0.739. The lowest BCUT2D eigenvalue weighted by atomic mass is 10.2. The van der Waals surface area contributed by atoms with Gasteiger partial charge in [0, 0.05) is 6.54 Å². The predicted molar refractivity (Wildman–Crippen MR) is 59.3 cm³/mol. The molecule has 2 N–H and O–H groups in total. The minimum Gasteiger partial charge on any atom is -0.480 e. The van der Waals surface area contributed by atoms with Gasteiger partial charge in [0.2, 0.25) is 0 Å². The number of hydrogen-bond donors (Lipinski definition) is 2. The zero-order valence-corrected chi connectivity index (χ0v) is 10.4. The molecule has 0 saturated heterocycles. The van der Waals surface area contributed by atoms with Crippen LogP contribution in [0.25, 0.3) is 0 Å². The Kier molecular flexibility index (Phi) is 5.23. The van der Waals surface area contributed by atoms with Crippen molar-refractivity contribution in [2.45, 2.75) is 32.4 Å². The first-order valence-corrected chi connectivity index (χ1v) is 4.99. The normalized spacial score (nSPS) is 13.4. The summed E-state index contributed by atoms with van der Waals surface area (Å²) in [7, 11) is 3.27. The van der Waals surface area contributed by atoms with E-state index in [1.807, 2.05) is 0 Å². The number of ether oxygens (including phenoxy) is 1. The van der Waals surface area contributed by atoms with Crippen LogP contribution in [-0.4, -0.2) is 54.4 Å². The van der Waals surface area contributed by atoms with Crippen molar-refractivity contribution in [2.75, 3.05) is 20.6 Å². The Labute approximate surface area is 95.6 Å². The number of carboxylic acid groups (broad SMARTS) is 1. The number of nitrogens with zero attached hydrogens (tertiary/aromatic N) is 1. The van der Waals surface area contributed by atoms with Crippen molar-refractivity contribution >= 4 is 12.1 Å². The Morgan fingerprint density at radius 3 is 2.19 bits per heavy atom. The lowest BCUT2D eigenvalue weighted by molar-refractivity contribution is -0.142. The van der Waals surface area contributed by atoms with E-state index in [-0.39, 0.29) is 6.54 Å². The standard InChI is InChI=1S/C10H20N2O4/c1-10(2,3)16-9(15)11-6-7(8(13)14)12(4)5/h7H,6H2,1-5H3,(H,11,15)(H,13,14). The second-order valence-corrected chi connectivity index (χ2v) is 4.70. The van der Waals surface area contributed by atoms with Gasteiger partial charge >= 0.3 is 12.1 Å². The fourth-order valence-corrected chi connectivity index (χ4v) is 0.985. The average molecular weight is 232 g/mol. The monoisotopic (exact) mass is 232 g/mol. The van der Waals surface area contributed by atoms with Gasteiger partial charge in [0.1, 0.15) is 11.6 Å². The molecule has 0 aliphatic heterocycles. The second-order valence-electron chi connectivity index (χ2n) is 4.70. The molecule has 94 valence electrons. The number of aliphatic carboxylic acids is 1. The molecule has 1 atom stereocenters. The van der Waals surface area contributed by atoms with Gasteiger partial charge in [0.25, 0.3) is 0 Å². The highest BCUT2D eigenvalue weighted by Gasteiger charge is 2.22. The molecule has 0 fully saturated rings. The molecule has 16 heavy (non-hydrogen) atoms. The van der Waals surface area contributed by atoms with Crippen LogP contribution in [0.15, 0.2) is 0 Å². The van der Waals surface area contributed by atoms with Crippen molar-refractivity contribution < 1.29 is 19.4 Å². The van der Waals surface area contributed by atoms with Crippen LogP contribution in [0.4, 0.5) is 4.79 Å². The van der Waals surface area contributed by atoms with Crippen LogP contribution >= 0.6 is 0 Å². The molecule has 0 aliphatic rings. The third kappa shape index (κ3) is 6.23. The molecule has 1 amide bonds. The lowest BCUT2D eigenvalue weighted by Gasteiger charge is -2.23. The van der Waals surface area contributed by atoms with E-state index >= 15 is 0 Å². The Morgan fingerprint density at radius 1 is 1.38 bits per heavy atom. The van der Waals surface area contributed by atoms with E-state index in [1.54, 1.807) is 34.9 Å². The summed E-state index contributed by atoms with van der Waals surface area (Å²) in [5, 5.41) is 11.3. The van der Waals surface area contributed by atoms with Gasteiger partial charge in [0.15, 0.2) is 0 Å². The molecule has 0 rings (SSSR count). The summed E-state index contributed by atoms with van der Waals surface area (Å²) in [6.07, 6.45) is -0.611. The number of amides is 1. The van der Waals surface area contributed by atoms with Gasteiger partial charge in [-0.15, -0.1) is 0 Å². The maximum absolute atomic E-state index is 11.3. The Balaban J connectivity index is 4.12. The van der Waals surface area contributed by atoms with Gasteiger partial charge < -0.3 is 15.2 Å². The summed E-state index contributed by atoms with van der Waals surface area (Å²) >= 11 is 0. The third-order valence-electron chi connectivity index (χ3n) is 1.75. The zero-order chi connectivity index (χ0) is 12.9. The van der Waals surface area contributed by atoms with Crippen LogP contribution in [0.1, 0.15) is 20.8 Å². The molecule has 6 heteroatoms. The van der Waals surface area contributed by atoms with E-state index in [4.69, 9.17) is 9.84 Å². The van der Waals surface area contributed by atoms with E-state index in [2.05, 4.69) is 5.32 Å². The first-order chi connectivity index (χ1) is 7.13. The fourth-order valence-electron chi connectivity index (χ4n) is 0.985. The number of carbonyl (C=O) groups is 2. The van der Waals surface area contributed by atoms with E-state index < -0.39 is 23.7 Å². The molecule has 0 aliphatic carbocycles. The van der Waals surface area contributed by atoms with E-state index in [9.17, 15) is 9.59 Å². The molecule has 6 nitrogen and oxygen atoms in total. The van der Waals surface area contributed by atoms with Crippen molar-refractivity contribution in [2.24, 2.45) is 0 Å². The molecular formula is C10H20N2O4. The number of alkyl carbamates (subject to hydrolysis) is 1. The molecule has 0 aromatic heterocycles.